The number of hydrogen-bond acceptors (Lipinski definition) is 5. The summed E-state index contributed by atoms with van der Waals surface area (Å²) in [6.07, 6.45) is 0.0519. The molecule has 124 valence electrons. The smallest absolute Gasteiger partial charge is 0.254 e. The summed E-state index contributed by atoms with van der Waals surface area (Å²) >= 11 is 0. The van der Waals surface area contributed by atoms with Crippen LogP contribution in [0.1, 0.15) is 23.7 Å². The Bertz CT molecular complexity index is 712. The van der Waals surface area contributed by atoms with Crippen LogP contribution >= 0.6 is 0 Å². The van der Waals surface area contributed by atoms with Crippen LogP contribution in [-0.2, 0) is 14.8 Å². The fraction of sp³-hybridized carbons (Fsp3) is 0.467. The summed E-state index contributed by atoms with van der Waals surface area (Å²) in [6.45, 7) is 3.37. The van der Waals surface area contributed by atoms with Gasteiger partial charge in [0.05, 0.1) is 23.7 Å². The van der Waals surface area contributed by atoms with Crippen molar-refractivity contribution in [2.45, 2.75) is 24.3 Å². The van der Waals surface area contributed by atoms with Gasteiger partial charge in [0.2, 0.25) is 10.0 Å². The van der Waals surface area contributed by atoms with E-state index in [0.717, 1.165) is 0 Å². The van der Waals surface area contributed by atoms with Crippen molar-refractivity contribution >= 4 is 15.9 Å². The van der Waals surface area contributed by atoms with Crippen LogP contribution in [0.3, 0.4) is 0 Å². The van der Waals surface area contributed by atoms with Crippen LogP contribution in [-0.4, -0.2) is 51.6 Å². The van der Waals surface area contributed by atoms with E-state index in [1.807, 2.05) is 13.0 Å². The number of carbonyl (C=O) groups is 1. The highest BCUT2D eigenvalue weighted by atomic mass is 32.2. The third-order valence-corrected chi connectivity index (χ3v) is 4.91. The molecular formula is C15H19N3O4S. The Kier molecular flexibility index (Phi) is 5.71. The van der Waals surface area contributed by atoms with Crippen molar-refractivity contribution in [2.75, 3.05) is 26.2 Å². The lowest BCUT2D eigenvalue weighted by molar-refractivity contribution is -0.0124. The van der Waals surface area contributed by atoms with Gasteiger partial charge in [-0.1, -0.05) is 6.07 Å². The van der Waals surface area contributed by atoms with Gasteiger partial charge in [-0.2, -0.15) is 5.26 Å². The van der Waals surface area contributed by atoms with Crippen LogP contribution in [0.2, 0.25) is 0 Å². The maximum atomic E-state index is 12.5. The van der Waals surface area contributed by atoms with Crippen molar-refractivity contribution in [2.24, 2.45) is 0 Å². The maximum Gasteiger partial charge on any atom is 0.254 e. The van der Waals surface area contributed by atoms with Gasteiger partial charge in [-0.05, 0) is 25.1 Å². The molecule has 7 nitrogen and oxygen atoms in total. The molecule has 1 heterocycles. The van der Waals surface area contributed by atoms with Gasteiger partial charge in [0, 0.05) is 31.6 Å². The predicted octanol–water partition coefficient (Wildman–Crippen LogP) is 0.739. The van der Waals surface area contributed by atoms with Crippen molar-refractivity contribution < 1.29 is 17.9 Å². The number of amides is 1. The van der Waals surface area contributed by atoms with Crippen LogP contribution in [0, 0.1) is 11.3 Å². The molecule has 0 bridgehead atoms. The number of sulfonamides is 1. The van der Waals surface area contributed by atoms with Crippen LogP contribution in [0.25, 0.3) is 0 Å². The molecule has 1 fully saturated rings. The molecule has 1 N–H and O–H groups in total. The molecule has 0 spiro atoms. The lowest BCUT2D eigenvalue weighted by atomic mass is 10.2. The monoisotopic (exact) mass is 337 g/mol. The van der Waals surface area contributed by atoms with E-state index < -0.39 is 10.0 Å². The molecule has 23 heavy (non-hydrogen) atoms. The van der Waals surface area contributed by atoms with E-state index in [4.69, 9.17) is 10.00 Å². The first-order chi connectivity index (χ1) is 10.9. The average Bonchev–Trinajstić information content (AvgIpc) is 2.54. The minimum absolute atomic E-state index is 0.0163. The molecule has 0 radical (unpaired) electrons. The highest BCUT2D eigenvalue weighted by Crippen LogP contribution is 2.15. The highest BCUT2D eigenvalue weighted by Gasteiger charge is 2.23. The molecule has 1 saturated heterocycles. The second kappa shape index (κ2) is 7.55. The number of nitrogens with one attached hydrogen (secondary N) is 1. The Morgan fingerprint density at radius 1 is 1.52 bits per heavy atom. The van der Waals surface area contributed by atoms with Gasteiger partial charge in [0.1, 0.15) is 0 Å². The van der Waals surface area contributed by atoms with Crippen molar-refractivity contribution in [3.05, 3.63) is 29.8 Å². The second-order valence-electron chi connectivity index (χ2n) is 5.27. The molecule has 0 aliphatic carbocycles. The fourth-order valence-electron chi connectivity index (χ4n) is 2.31. The summed E-state index contributed by atoms with van der Waals surface area (Å²) < 4.78 is 32.0. The molecule has 8 heteroatoms. The summed E-state index contributed by atoms with van der Waals surface area (Å²) in [6, 6.07) is 7.78. The second-order valence-corrected chi connectivity index (χ2v) is 7.03. The molecule has 0 aromatic heterocycles. The number of carbonyl (C=O) groups excluding carboxylic acids is 1. The molecule has 1 aliphatic heterocycles. The summed E-state index contributed by atoms with van der Waals surface area (Å²) in [7, 11) is -3.73. The van der Waals surface area contributed by atoms with Crippen LogP contribution in [0.5, 0.6) is 0 Å². The van der Waals surface area contributed by atoms with Crippen LogP contribution in [0.4, 0.5) is 0 Å². The molecule has 1 aromatic carbocycles. The standard InChI is InChI=1S/C15H19N3O4S/c1-12-11-18(8-9-22-12)15(19)13-4-2-5-14(10-13)23(20,21)17-7-3-6-16/h2,4-5,10,12,17H,3,7-9,11H2,1H3. The predicted molar refractivity (Wildman–Crippen MR) is 83.2 cm³/mol. The molecule has 2 rings (SSSR count). The molecule has 1 aromatic rings. The number of nitrogens with zero attached hydrogens (tertiary/aromatic N) is 2. The summed E-state index contributed by atoms with van der Waals surface area (Å²) in [5, 5.41) is 8.47. The number of ether oxygens (including phenoxy) is 1. The zero-order chi connectivity index (χ0) is 16.9. The molecular weight excluding hydrogens is 318 g/mol. The Morgan fingerprint density at radius 3 is 3.00 bits per heavy atom. The Morgan fingerprint density at radius 2 is 2.30 bits per heavy atom. The zero-order valence-corrected chi connectivity index (χ0v) is 13.7. The Balaban J connectivity index is 2.16. The Hall–Kier alpha value is -1.95. The van der Waals surface area contributed by atoms with Gasteiger partial charge >= 0.3 is 0 Å². The van der Waals surface area contributed by atoms with E-state index in [2.05, 4.69) is 4.72 Å². The number of hydrogen-bond donors (Lipinski definition) is 1. The lowest BCUT2D eigenvalue weighted by Crippen LogP contribution is -2.44. The van der Waals surface area contributed by atoms with Gasteiger partial charge in [-0.25, -0.2) is 13.1 Å². The lowest BCUT2D eigenvalue weighted by Gasteiger charge is -2.31. The van der Waals surface area contributed by atoms with Gasteiger partial charge in [-0.3, -0.25) is 4.79 Å². The van der Waals surface area contributed by atoms with E-state index >= 15 is 0 Å². The topological polar surface area (TPSA) is 99.5 Å². The molecule has 1 aliphatic rings. The largest absolute Gasteiger partial charge is 0.375 e. The summed E-state index contributed by atoms with van der Waals surface area (Å²) in [5.74, 6) is -0.214. The van der Waals surface area contributed by atoms with Crippen molar-refractivity contribution in [3.63, 3.8) is 0 Å². The highest BCUT2D eigenvalue weighted by molar-refractivity contribution is 7.89. The van der Waals surface area contributed by atoms with E-state index in [0.29, 0.717) is 25.3 Å². The van der Waals surface area contributed by atoms with E-state index in [1.54, 1.807) is 11.0 Å². The normalized spacial score (nSPS) is 18.4. The molecule has 1 amide bonds. The SMILES string of the molecule is CC1CN(C(=O)c2cccc(S(=O)(=O)NCCC#N)c2)CCO1. The minimum Gasteiger partial charge on any atom is -0.375 e. The van der Waals surface area contributed by atoms with Crippen LogP contribution < -0.4 is 4.72 Å². The number of nitriles is 1. The Labute approximate surface area is 135 Å². The van der Waals surface area contributed by atoms with E-state index in [-0.39, 0.29) is 29.9 Å². The summed E-state index contributed by atoms with van der Waals surface area (Å²) in [4.78, 5) is 14.2. The van der Waals surface area contributed by atoms with Gasteiger partial charge in [0.25, 0.3) is 5.91 Å². The fourth-order valence-corrected chi connectivity index (χ4v) is 3.38. The van der Waals surface area contributed by atoms with Gasteiger partial charge in [0.15, 0.2) is 0 Å². The van der Waals surface area contributed by atoms with Gasteiger partial charge < -0.3 is 9.64 Å². The zero-order valence-electron chi connectivity index (χ0n) is 12.9. The molecule has 0 saturated carbocycles. The first kappa shape index (κ1) is 17.4. The quantitative estimate of drug-likeness (QED) is 0.799. The molecule has 1 unspecified atom stereocenters. The third kappa shape index (κ3) is 4.51. The van der Waals surface area contributed by atoms with E-state index in [1.165, 1.54) is 18.2 Å². The maximum absolute atomic E-state index is 12.5. The van der Waals surface area contributed by atoms with Crippen molar-refractivity contribution in [3.8, 4) is 6.07 Å². The average molecular weight is 337 g/mol. The summed E-state index contributed by atoms with van der Waals surface area (Å²) in [5.41, 5.74) is 0.322. The van der Waals surface area contributed by atoms with Crippen molar-refractivity contribution in [1.82, 2.24) is 9.62 Å². The number of rotatable bonds is 5. The number of benzene rings is 1. The van der Waals surface area contributed by atoms with Gasteiger partial charge in [-0.15, -0.1) is 0 Å². The minimum atomic E-state index is -3.73. The number of morpholine rings is 1. The molecule has 1 atom stereocenters. The first-order valence-corrected chi connectivity index (χ1v) is 8.80. The first-order valence-electron chi connectivity index (χ1n) is 7.31. The van der Waals surface area contributed by atoms with Crippen LogP contribution in [0.15, 0.2) is 29.2 Å². The van der Waals surface area contributed by atoms with Crippen molar-refractivity contribution in [1.29, 1.82) is 5.26 Å². The third-order valence-electron chi connectivity index (χ3n) is 3.45. The van der Waals surface area contributed by atoms with E-state index in [9.17, 15) is 13.2 Å².